The molecule has 0 aliphatic heterocycles. The summed E-state index contributed by atoms with van der Waals surface area (Å²) in [5, 5.41) is 17.5. The molecule has 1 aromatic carbocycles. The summed E-state index contributed by atoms with van der Waals surface area (Å²) in [5.41, 5.74) is 6.08. The zero-order chi connectivity index (χ0) is 10.0. The zero-order valence-corrected chi connectivity index (χ0v) is 8.04. The van der Waals surface area contributed by atoms with Gasteiger partial charge in [0.2, 0.25) is 0 Å². The fourth-order valence-corrected chi connectivity index (χ4v) is 1.22. The maximum atomic E-state index is 10.3. The molecule has 0 saturated carbocycles. The molecule has 0 spiro atoms. The van der Waals surface area contributed by atoms with Crippen molar-refractivity contribution in [2.45, 2.75) is 0 Å². The van der Waals surface area contributed by atoms with Crippen molar-refractivity contribution in [3.05, 3.63) is 33.9 Å². The van der Waals surface area contributed by atoms with Crippen LogP contribution in [0.1, 0.15) is 5.56 Å². The number of halogens is 1. The highest BCUT2D eigenvalue weighted by Gasteiger charge is 2.09. The van der Waals surface area contributed by atoms with Crippen LogP contribution in [0.4, 0.5) is 11.4 Å². The Hall–Kier alpha value is -1.43. The molecule has 0 radical (unpaired) electrons. The molecule has 0 aromatic heterocycles. The third-order valence-corrected chi connectivity index (χ3v) is 1.91. The number of benzene rings is 1. The maximum absolute atomic E-state index is 10.3. The van der Waals surface area contributed by atoms with Gasteiger partial charge in [-0.1, -0.05) is 0 Å². The van der Waals surface area contributed by atoms with Gasteiger partial charge in [0.05, 0.1) is 4.92 Å². The van der Waals surface area contributed by atoms with E-state index in [9.17, 15) is 10.1 Å². The first kappa shape index (κ1) is 9.66. The van der Waals surface area contributed by atoms with Gasteiger partial charge in [0.25, 0.3) is 5.69 Å². The summed E-state index contributed by atoms with van der Waals surface area (Å²) in [6, 6.07) is 3.97. The average Bonchev–Trinajstić information content (AvgIpc) is 2.03. The summed E-state index contributed by atoms with van der Waals surface area (Å²) in [6.07, 6.45) is 0. The van der Waals surface area contributed by atoms with Crippen LogP contribution < -0.4 is 5.73 Å². The number of nitrogens with two attached hydrogens (primary N) is 1. The van der Waals surface area contributed by atoms with Crippen molar-refractivity contribution in [3.8, 4) is 0 Å². The number of rotatable bonds is 2. The molecule has 0 unspecified atom stereocenters. The lowest BCUT2D eigenvalue weighted by Crippen LogP contribution is -1.98. The lowest BCUT2D eigenvalue weighted by Gasteiger charge is -2.00. The summed E-state index contributed by atoms with van der Waals surface area (Å²) in [6.45, 7) is 0. The number of nitrogens with zero attached hydrogens (tertiary/aromatic N) is 1. The Kier molecular flexibility index (Phi) is 2.62. The molecule has 0 saturated heterocycles. The molecule has 0 aliphatic carbocycles. The fourth-order valence-electron chi connectivity index (χ4n) is 0.864. The number of nitro groups is 1. The molecule has 0 amide bonds. The molecular weight excluding hydrogens is 238 g/mol. The second-order valence-corrected chi connectivity index (χ2v) is 3.14. The molecule has 0 bridgehead atoms. The largest absolute Gasteiger partial charge is 0.398 e. The van der Waals surface area contributed by atoms with Gasteiger partial charge in [-0.3, -0.25) is 15.5 Å². The van der Waals surface area contributed by atoms with Crippen molar-refractivity contribution in [1.29, 1.82) is 5.41 Å². The monoisotopic (exact) mass is 243 g/mol. The van der Waals surface area contributed by atoms with Crippen LogP contribution in [0.2, 0.25) is 0 Å². The predicted molar refractivity (Wildman–Crippen MR) is 53.3 cm³/mol. The predicted octanol–water partition coefficient (Wildman–Crippen LogP) is 1.90. The van der Waals surface area contributed by atoms with Crippen molar-refractivity contribution in [2.24, 2.45) is 0 Å². The first-order valence-corrected chi connectivity index (χ1v) is 4.10. The minimum absolute atomic E-state index is 0.0741. The van der Waals surface area contributed by atoms with E-state index in [1.54, 1.807) is 0 Å². The van der Waals surface area contributed by atoms with Crippen LogP contribution in [0.5, 0.6) is 0 Å². The molecule has 13 heavy (non-hydrogen) atoms. The minimum Gasteiger partial charge on any atom is -0.398 e. The molecule has 0 heterocycles. The number of nitro benzene ring substituents is 1. The molecule has 6 heteroatoms. The topological polar surface area (TPSA) is 93.0 Å². The van der Waals surface area contributed by atoms with Gasteiger partial charge in [-0.25, -0.2) is 0 Å². The van der Waals surface area contributed by atoms with Gasteiger partial charge in [0.1, 0.15) is 4.62 Å². The number of non-ortho nitro benzene ring substituents is 1. The van der Waals surface area contributed by atoms with Gasteiger partial charge >= 0.3 is 0 Å². The second-order valence-electron chi connectivity index (χ2n) is 2.34. The van der Waals surface area contributed by atoms with Crippen LogP contribution in [-0.2, 0) is 0 Å². The first-order valence-electron chi connectivity index (χ1n) is 3.30. The molecule has 0 atom stereocenters. The quantitative estimate of drug-likeness (QED) is 0.360. The standard InChI is InChI=1S/C7H6BrN3O2/c8-7(10)5-2-1-4(11(12)13)3-6(5)9/h1-3,10H,9H2. The smallest absolute Gasteiger partial charge is 0.271 e. The van der Waals surface area contributed by atoms with Gasteiger partial charge in [-0.15, -0.1) is 0 Å². The summed E-state index contributed by atoms with van der Waals surface area (Å²) in [4.78, 5) is 9.79. The van der Waals surface area contributed by atoms with Crippen LogP contribution in [0.3, 0.4) is 0 Å². The summed E-state index contributed by atoms with van der Waals surface area (Å²) < 4.78 is 0.111. The van der Waals surface area contributed by atoms with Gasteiger partial charge in [-0.05, 0) is 22.0 Å². The molecule has 5 nitrogen and oxygen atoms in total. The number of nitrogen functional groups attached to an aromatic ring is 1. The Morgan fingerprint density at radius 3 is 2.62 bits per heavy atom. The minimum atomic E-state index is -0.530. The van der Waals surface area contributed by atoms with Gasteiger partial charge in [-0.2, -0.15) is 0 Å². The van der Waals surface area contributed by atoms with Crippen molar-refractivity contribution in [2.75, 3.05) is 5.73 Å². The van der Waals surface area contributed by atoms with E-state index in [1.807, 2.05) is 0 Å². The summed E-state index contributed by atoms with van der Waals surface area (Å²) in [5.74, 6) is 0. The van der Waals surface area contributed by atoms with E-state index in [2.05, 4.69) is 15.9 Å². The van der Waals surface area contributed by atoms with Crippen LogP contribution in [-0.4, -0.2) is 9.54 Å². The highest BCUT2D eigenvalue weighted by molar-refractivity contribution is 9.18. The Labute approximate surface area is 82.3 Å². The van der Waals surface area contributed by atoms with E-state index in [0.717, 1.165) is 0 Å². The SMILES string of the molecule is N=C(Br)c1ccc([N+](=O)[O-])cc1N. The van der Waals surface area contributed by atoms with Crippen molar-refractivity contribution >= 4 is 31.9 Å². The summed E-state index contributed by atoms with van der Waals surface area (Å²) in [7, 11) is 0. The Bertz CT molecular complexity index is 378. The van der Waals surface area contributed by atoms with Crippen LogP contribution in [0, 0.1) is 15.5 Å². The number of anilines is 1. The van der Waals surface area contributed by atoms with Crippen LogP contribution >= 0.6 is 15.9 Å². The second kappa shape index (κ2) is 3.53. The lowest BCUT2D eigenvalue weighted by molar-refractivity contribution is -0.384. The zero-order valence-electron chi connectivity index (χ0n) is 6.45. The van der Waals surface area contributed by atoms with Crippen LogP contribution in [0.25, 0.3) is 0 Å². The van der Waals surface area contributed by atoms with E-state index in [0.29, 0.717) is 5.56 Å². The van der Waals surface area contributed by atoms with Gasteiger partial charge in [0, 0.05) is 23.4 Å². The van der Waals surface area contributed by atoms with Crippen molar-refractivity contribution < 1.29 is 4.92 Å². The van der Waals surface area contributed by atoms with E-state index >= 15 is 0 Å². The molecule has 3 N–H and O–H groups in total. The number of nitrogens with one attached hydrogen (secondary N) is 1. The Morgan fingerprint density at radius 2 is 2.23 bits per heavy atom. The fraction of sp³-hybridized carbons (Fsp3) is 0. The molecule has 0 aliphatic rings. The van der Waals surface area contributed by atoms with Crippen molar-refractivity contribution in [1.82, 2.24) is 0 Å². The normalized spacial score (nSPS) is 9.62. The van der Waals surface area contributed by atoms with E-state index in [1.165, 1.54) is 18.2 Å². The van der Waals surface area contributed by atoms with E-state index in [4.69, 9.17) is 11.1 Å². The number of hydrogen-bond acceptors (Lipinski definition) is 4. The number of hydrogen-bond donors (Lipinski definition) is 2. The Morgan fingerprint density at radius 1 is 1.62 bits per heavy atom. The van der Waals surface area contributed by atoms with Crippen molar-refractivity contribution in [3.63, 3.8) is 0 Å². The highest BCUT2D eigenvalue weighted by Crippen LogP contribution is 2.21. The molecule has 1 rings (SSSR count). The average molecular weight is 244 g/mol. The maximum Gasteiger partial charge on any atom is 0.271 e. The van der Waals surface area contributed by atoms with Gasteiger partial charge in [0.15, 0.2) is 0 Å². The third-order valence-electron chi connectivity index (χ3n) is 1.48. The molecule has 1 aromatic rings. The lowest BCUT2D eigenvalue weighted by atomic mass is 10.2. The summed E-state index contributed by atoms with van der Waals surface area (Å²) >= 11 is 2.93. The first-order chi connectivity index (χ1) is 6.02. The van der Waals surface area contributed by atoms with Gasteiger partial charge < -0.3 is 5.73 Å². The molecule has 68 valence electrons. The van der Waals surface area contributed by atoms with E-state index < -0.39 is 4.92 Å². The van der Waals surface area contributed by atoms with Crippen LogP contribution in [0.15, 0.2) is 18.2 Å². The highest BCUT2D eigenvalue weighted by atomic mass is 79.9. The third kappa shape index (κ3) is 2.03. The Balaban J connectivity index is 3.20. The molecule has 0 fully saturated rings. The van der Waals surface area contributed by atoms with E-state index in [-0.39, 0.29) is 16.0 Å². The molecular formula is C7H6BrN3O2.